The molecule has 614 valence electrons. The Bertz CT molecular complexity index is 2090. The first-order valence-corrected chi connectivity index (χ1v) is 40.6. The van der Waals surface area contributed by atoms with Crippen LogP contribution < -0.4 is 16.4 Å². The van der Waals surface area contributed by atoms with Gasteiger partial charge in [0, 0.05) is 233 Å². The van der Waals surface area contributed by atoms with Gasteiger partial charge in [-0.2, -0.15) is 0 Å². The van der Waals surface area contributed by atoms with E-state index in [2.05, 4.69) is 148 Å². The topological polar surface area (TPSA) is 284 Å². The van der Waals surface area contributed by atoms with Crippen molar-refractivity contribution in [3.05, 3.63) is 0 Å². The summed E-state index contributed by atoms with van der Waals surface area (Å²) >= 11 is 0. The lowest BCUT2D eigenvalue weighted by molar-refractivity contribution is -0.00547. The number of aliphatic hydroxyl groups excluding tert-OH is 4. The fourth-order valence-corrected chi connectivity index (χ4v) is 12.4. The van der Waals surface area contributed by atoms with Crippen molar-refractivity contribution in [3.8, 4) is 0 Å². The fraction of sp³-hybridized carbons (Fsp3) is 0.949. The predicted octanol–water partition coefficient (Wildman–Crippen LogP) is 4.43. The van der Waals surface area contributed by atoms with Crippen LogP contribution in [-0.2, 0) is 37.9 Å². The van der Waals surface area contributed by atoms with Crippen molar-refractivity contribution in [2.45, 2.75) is 172 Å². The zero-order valence-electron chi connectivity index (χ0n) is 68.7. The second-order valence-electron chi connectivity index (χ2n) is 30.7. The minimum Gasteiger partial charge on any atom is -0.389 e. The lowest BCUT2D eigenvalue weighted by Crippen LogP contribution is -2.49. The van der Waals surface area contributed by atoms with Crippen LogP contribution in [0.25, 0.3) is 0 Å². The van der Waals surface area contributed by atoms with Gasteiger partial charge in [-0.3, -0.25) is 54.3 Å². The van der Waals surface area contributed by atoms with Crippen LogP contribution in [0.3, 0.4) is 0 Å². The molecule has 6 fully saturated rings. The Morgan fingerprint density at radius 2 is 0.712 bits per heavy atom. The van der Waals surface area contributed by atoms with Gasteiger partial charge < -0.3 is 74.7 Å². The number of nitrogens with two attached hydrogens (primary N) is 1. The predicted molar refractivity (Wildman–Crippen MR) is 429 cm³/mol. The zero-order chi connectivity index (χ0) is 76.4. The van der Waals surface area contributed by atoms with Gasteiger partial charge in [0.05, 0.1) is 103 Å². The summed E-state index contributed by atoms with van der Waals surface area (Å²) in [4.78, 5) is 35.5. The first-order valence-electron chi connectivity index (χ1n) is 40.6. The molecule has 6 rings (SSSR count). The molecule has 6 unspecified atom stereocenters. The van der Waals surface area contributed by atoms with Crippen LogP contribution in [0.15, 0.2) is 20.0 Å². The van der Waals surface area contributed by atoms with Gasteiger partial charge in [-0.05, 0) is 104 Å². The summed E-state index contributed by atoms with van der Waals surface area (Å²) in [5, 5.41) is 46.4. The molecule has 26 nitrogen and oxygen atoms in total. The molecule has 0 aliphatic carbocycles. The quantitative estimate of drug-likeness (QED) is 0.0252. The first kappa shape index (κ1) is 97.9. The van der Waals surface area contributed by atoms with Gasteiger partial charge in [0.15, 0.2) is 0 Å². The molecule has 0 radical (unpaired) electrons. The average Bonchev–Trinajstić information content (AvgIpc) is 1.44. The van der Waals surface area contributed by atoms with E-state index < -0.39 is 18.3 Å². The minimum absolute atomic E-state index is 0.302. The molecule has 0 aromatic carbocycles. The summed E-state index contributed by atoms with van der Waals surface area (Å²) in [6.07, 6.45) is 4.99. The van der Waals surface area contributed by atoms with E-state index in [1.54, 1.807) is 0 Å². The van der Waals surface area contributed by atoms with Gasteiger partial charge in [0.1, 0.15) is 12.2 Å². The molecule has 6 saturated heterocycles. The van der Waals surface area contributed by atoms with E-state index in [0.29, 0.717) is 129 Å². The van der Waals surface area contributed by atoms with Crippen molar-refractivity contribution in [2.75, 3.05) is 289 Å². The average molecular weight is 1490 g/mol. The molecule has 26 heteroatoms. The SMILES string of the molecule is CC(CC(C)C)=NCCN1CCN(CC(O)COCCCOCC(O)CNCCN)CC1.CC(CC(C)C)=NCCN1CCN(CC(O)COCCCOCC2CO2)CC1.CC(CC(C)C)=NCCN1CCNCC1.CCOCC(O)CN1CCN(CCN=C(C)CC(C)C)CC1.CCOCC1CO1. The number of hydrogen-bond acceptors (Lipinski definition) is 26. The largest absolute Gasteiger partial charge is 0.389 e. The van der Waals surface area contributed by atoms with Crippen molar-refractivity contribution in [2.24, 2.45) is 49.4 Å². The number of hydrogen-bond donors (Lipinski definition) is 7. The van der Waals surface area contributed by atoms with Crippen molar-refractivity contribution in [3.63, 3.8) is 0 Å². The Hall–Kier alpha value is -2.20. The lowest BCUT2D eigenvalue weighted by atomic mass is 10.1. The number of epoxide rings is 2. The van der Waals surface area contributed by atoms with Crippen molar-refractivity contribution >= 4 is 22.8 Å². The monoisotopic (exact) mass is 1490 g/mol. The third-order valence-corrected chi connectivity index (χ3v) is 17.9. The van der Waals surface area contributed by atoms with Crippen molar-refractivity contribution < 1.29 is 58.3 Å². The number of aliphatic imine (C=N–C) groups is 4. The van der Waals surface area contributed by atoms with E-state index in [4.69, 9.17) is 43.6 Å². The highest BCUT2D eigenvalue weighted by Gasteiger charge is 2.25. The molecule has 104 heavy (non-hydrogen) atoms. The van der Waals surface area contributed by atoms with E-state index in [0.717, 1.165) is 221 Å². The summed E-state index contributed by atoms with van der Waals surface area (Å²) in [6, 6.07) is 0. The maximum absolute atomic E-state index is 10.2. The number of piperazine rings is 4. The highest BCUT2D eigenvalue weighted by molar-refractivity contribution is 5.83. The van der Waals surface area contributed by atoms with E-state index in [1.807, 2.05) is 13.8 Å². The molecule has 0 aromatic heterocycles. The van der Waals surface area contributed by atoms with E-state index in [9.17, 15) is 20.4 Å². The molecule has 0 saturated carbocycles. The Balaban J connectivity index is 0.000000467. The summed E-state index contributed by atoms with van der Waals surface area (Å²) in [5.74, 6) is 2.77. The molecule has 8 N–H and O–H groups in total. The van der Waals surface area contributed by atoms with Crippen LogP contribution >= 0.6 is 0 Å². The standard InChI is InChI=1S/C23H49N5O4.C21H41N3O4.C17H35N3O2.C12H25N3.C5H10O2/c1-20(2)15-21(3)26-7-8-27-9-11-28(12-10-27)17-23(30)19-32-14-4-13-31-18-22(29)16-25-6-5-24;1-18(2)13-19(3)22-5-6-23-7-9-24(10-8-23)14-20(25)15-26-11-4-12-27-16-21-17-28-21;1-5-22-14-17(21)13-20-10-8-19(9-11-20)7-6-18-16(4)12-15(2)3;1-11(2)10-12(3)14-6-9-15-7-4-13-5-8-15;1-2-6-3-5-4-7-5/h20,22-23,25,29-30H,4-19,24H2,1-3H3;18,20-21,25H,4-17H2,1-3H3;15,17,21H,5-14H2,1-4H3;11,13H,4-10H2,1-3H3;5H,2-4H2,1H3. The lowest BCUT2D eigenvalue weighted by Gasteiger charge is -2.35. The Labute approximate surface area is 633 Å². The second-order valence-corrected chi connectivity index (χ2v) is 30.7. The van der Waals surface area contributed by atoms with Gasteiger partial charge >= 0.3 is 0 Å². The van der Waals surface area contributed by atoms with Gasteiger partial charge in [-0.25, -0.2) is 0 Å². The minimum atomic E-state index is -0.522. The third kappa shape index (κ3) is 60.6. The molecule has 0 spiro atoms. The zero-order valence-corrected chi connectivity index (χ0v) is 68.7. The van der Waals surface area contributed by atoms with Crippen molar-refractivity contribution in [1.29, 1.82) is 0 Å². The number of nitrogens with zero attached hydrogens (tertiary/aromatic N) is 11. The molecule has 0 bridgehead atoms. The maximum Gasteiger partial charge on any atom is 0.104 e. The molecule has 0 aromatic rings. The third-order valence-electron chi connectivity index (χ3n) is 17.9. The molecule has 6 aliphatic rings. The second kappa shape index (κ2) is 64.5. The van der Waals surface area contributed by atoms with Crippen LogP contribution in [0, 0.1) is 23.7 Å². The number of rotatable bonds is 52. The van der Waals surface area contributed by atoms with Crippen LogP contribution in [0.2, 0.25) is 0 Å². The molecule has 0 amide bonds. The summed E-state index contributed by atoms with van der Waals surface area (Å²) in [7, 11) is 0. The van der Waals surface area contributed by atoms with Crippen molar-refractivity contribution in [1.82, 2.24) is 44.9 Å². The Morgan fingerprint density at radius 3 is 1.02 bits per heavy atom. The van der Waals surface area contributed by atoms with E-state index in [1.165, 1.54) is 35.9 Å². The Kier molecular flexibility index (Phi) is 60.7. The van der Waals surface area contributed by atoms with E-state index in [-0.39, 0.29) is 6.10 Å². The first-order chi connectivity index (χ1) is 50.0. The number of aliphatic hydroxyl groups is 4. The van der Waals surface area contributed by atoms with E-state index >= 15 is 0 Å². The number of nitrogens with one attached hydrogen (secondary N) is 2. The highest BCUT2D eigenvalue weighted by Crippen LogP contribution is 2.12. The summed E-state index contributed by atoms with van der Waals surface area (Å²) in [5.41, 5.74) is 10.5. The fourth-order valence-electron chi connectivity index (χ4n) is 12.4. The van der Waals surface area contributed by atoms with Crippen LogP contribution in [0.1, 0.15) is 135 Å². The van der Waals surface area contributed by atoms with Gasteiger partial charge in [-0.15, -0.1) is 0 Å². The number of β-amino-alcohol motifs (C(OH)–C–C–N with tert-alkyl or cyclic N) is 3. The molecule has 6 heterocycles. The van der Waals surface area contributed by atoms with Crippen LogP contribution in [0.4, 0.5) is 0 Å². The molecular formula is C78H160N14O12. The summed E-state index contributed by atoms with van der Waals surface area (Å²) in [6.45, 7) is 67.5. The molecule has 6 aliphatic heterocycles. The van der Waals surface area contributed by atoms with Gasteiger partial charge in [-0.1, -0.05) is 55.4 Å². The van der Waals surface area contributed by atoms with Crippen LogP contribution in [-0.4, -0.2) is 403 Å². The molecular weight excluding hydrogens is 1320 g/mol. The van der Waals surface area contributed by atoms with Crippen LogP contribution in [0.5, 0.6) is 0 Å². The normalized spacial score (nSPS) is 20.7. The van der Waals surface area contributed by atoms with Gasteiger partial charge in [0.2, 0.25) is 0 Å². The number of ether oxygens (including phenoxy) is 8. The Morgan fingerprint density at radius 1 is 0.423 bits per heavy atom. The smallest absolute Gasteiger partial charge is 0.104 e. The maximum atomic E-state index is 10.2. The summed E-state index contributed by atoms with van der Waals surface area (Å²) < 4.78 is 42.3. The highest BCUT2D eigenvalue weighted by atomic mass is 16.6. The van der Waals surface area contributed by atoms with Gasteiger partial charge in [0.25, 0.3) is 0 Å². The molecule has 6 atom stereocenters.